The van der Waals surface area contributed by atoms with Crippen molar-refractivity contribution >= 4 is 45.6 Å². The van der Waals surface area contributed by atoms with Gasteiger partial charge in [0.15, 0.2) is 0 Å². The molecular weight excluding hydrogens is 307 g/mol. The summed E-state index contributed by atoms with van der Waals surface area (Å²) in [5.41, 5.74) is 0. The third-order valence-electron chi connectivity index (χ3n) is 1.44. The predicted molar refractivity (Wildman–Crippen MR) is 53.6 cm³/mol. The van der Waals surface area contributed by atoms with Crippen molar-refractivity contribution in [3.8, 4) is 0 Å². The van der Waals surface area contributed by atoms with E-state index in [0.717, 1.165) is 7.11 Å². The van der Waals surface area contributed by atoms with Gasteiger partial charge in [0, 0.05) is 0 Å². The Morgan fingerprint density at radius 3 is 1.35 bits per heavy atom. The normalized spacial score (nSPS) is 11.6. The van der Waals surface area contributed by atoms with Gasteiger partial charge in [0.25, 0.3) is 0 Å². The van der Waals surface area contributed by atoms with Crippen LogP contribution in [0.5, 0.6) is 0 Å². The zero-order valence-electron chi connectivity index (χ0n) is 9.66. The fourth-order valence-electron chi connectivity index (χ4n) is 0.772. The van der Waals surface area contributed by atoms with Gasteiger partial charge >= 0.3 is 109 Å². The van der Waals surface area contributed by atoms with Crippen molar-refractivity contribution < 1.29 is 56.1 Å². The van der Waals surface area contributed by atoms with Crippen LogP contribution in [0.2, 0.25) is 0 Å². The minimum absolute atomic E-state index is 0.515. The quantitative estimate of drug-likeness (QED) is 0.210. The van der Waals surface area contributed by atoms with E-state index in [1.807, 2.05) is 0 Å². The summed E-state index contributed by atoms with van der Waals surface area (Å²) in [6.45, 7) is -2.06. The third-order valence-corrected chi connectivity index (χ3v) is 3.63. The number of ether oxygens (including phenoxy) is 1. The Hall–Kier alpha value is -2.75. The Labute approximate surface area is 110 Å². The van der Waals surface area contributed by atoms with Crippen molar-refractivity contribution in [1.82, 2.24) is 0 Å². The van der Waals surface area contributed by atoms with E-state index in [4.69, 9.17) is 0 Å². The number of rotatable bonds is 9. The SMILES string of the molecule is COC(=O)C(=O)OP(OC=O)(OC=O)(OC=O)OC=O. The minimum atomic E-state index is -6.10. The maximum atomic E-state index is 11.2. The first-order valence-corrected chi connectivity index (χ1v) is 6.10. The summed E-state index contributed by atoms with van der Waals surface area (Å²) in [4.78, 5) is 63.7. The van der Waals surface area contributed by atoms with E-state index < -0.39 is 45.6 Å². The summed E-state index contributed by atoms with van der Waals surface area (Å²) in [7, 11) is -5.32. The standard InChI is InChI=1S/C7H7O12P/c1-14-6(12)7(13)19-20(15-2-8,16-3-9,17-4-10)18-5-11/h2-5H,1H3. The molecule has 0 rings (SSSR count). The molecule has 0 heterocycles. The number of esters is 1. The molecule has 0 aromatic rings. The van der Waals surface area contributed by atoms with Gasteiger partial charge < -0.3 is 0 Å². The molecule has 0 aromatic heterocycles. The van der Waals surface area contributed by atoms with E-state index in [1.165, 1.54) is 0 Å². The van der Waals surface area contributed by atoms with Crippen molar-refractivity contribution in [2.75, 3.05) is 7.11 Å². The molecule has 0 amide bonds. The van der Waals surface area contributed by atoms with Crippen LogP contribution in [0.15, 0.2) is 0 Å². The van der Waals surface area contributed by atoms with Crippen molar-refractivity contribution in [2.24, 2.45) is 0 Å². The summed E-state index contributed by atoms with van der Waals surface area (Å²) >= 11 is 0. The van der Waals surface area contributed by atoms with Crippen LogP contribution in [0, 0.1) is 0 Å². The Morgan fingerprint density at radius 2 is 1.10 bits per heavy atom. The first-order valence-electron chi connectivity index (χ1n) is 4.27. The van der Waals surface area contributed by atoms with Gasteiger partial charge in [-0.1, -0.05) is 0 Å². The Balaban J connectivity index is 5.79. The molecule has 0 radical (unpaired) electrons. The fraction of sp³-hybridized carbons (Fsp3) is 0.143. The van der Waals surface area contributed by atoms with E-state index in [9.17, 15) is 28.8 Å². The number of carbonyl (C=O) groups is 6. The molecule has 0 aromatic carbocycles. The monoisotopic (exact) mass is 314 g/mol. The van der Waals surface area contributed by atoms with E-state index in [0.29, 0.717) is 0 Å². The van der Waals surface area contributed by atoms with E-state index in [1.54, 1.807) is 0 Å². The number of methoxy groups -OCH3 is 1. The molecule has 0 bridgehead atoms. The van der Waals surface area contributed by atoms with Gasteiger partial charge in [-0.15, -0.1) is 0 Å². The van der Waals surface area contributed by atoms with Gasteiger partial charge in [-0.2, -0.15) is 0 Å². The summed E-state index contributed by atoms with van der Waals surface area (Å²) in [5, 5.41) is 0. The molecular formula is C7H7O12P. The molecule has 0 saturated carbocycles. The second-order valence-electron chi connectivity index (χ2n) is 2.42. The molecule has 0 atom stereocenters. The van der Waals surface area contributed by atoms with Crippen LogP contribution in [-0.2, 0) is 56.1 Å². The van der Waals surface area contributed by atoms with Crippen molar-refractivity contribution in [1.29, 1.82) is 0 Å². The zero-order chi connectivity index (χ0) is 15.7. The fourth-order valence-corrected chi connectivity index (χ4v) is 2.15. The van der Waals surface area contributed by atoms with Crippen molar-refractivity contribution in [3.05, 3.63) is 0 Å². The van der Waals surface area contributed by atoms with E-state index in [2.05, 4.69) is 27.4 Å². The maximum absolute atomic E-state index is 11.2. The average molecular weight is 314 g/mol. The van der Waals surface area contributed by atoms with Crippen LogP contribution >= 0.6 is 7.74 Å². The average Bonchev–Trinajstić information content (AvgIpc) is 2.39. The van der Waals surface area contributed by atoms with Crippen LogP contribution in [0.1, 0.15) is 0 Å². The molecule has 12 nitrogen and oxygen atoms in total. The molecule has 0 N–H and O–H groups in total. The summed E-state index contributed by atoms with van der Waals surface area (Å²) in [6.07, 6.45) is 0. The van der Waals surface area contributed by atoms with Gasteiger partial charge in [-0.3, -0.25) is 0 Å². The molecule has 20 heavy (non-hydrogen) atoms. The molecule has 0 aliphatic carbocycles. The zero-order valence-corrected chi connectivity index (χ0v) is 10.6. The molecule has 0 aliphatic heterocycles. The van der Waals surface area contributed by atoms with Crippen LogP contribution < -0.4 is 0 Å². The number of hydrogen-bond acceptors (Lipinski definition) is 12. The van der Waals surface area contributed by atoms with E-state index in [-0.39, 0.29) is 0 Å². The number of hydrogen-bond donors (Lipinski definition) is 0. The molecule has 0 aliphatic rings. The molecule has 0 saturated heterocycles. The predicted octanol–water partition coefficient (Wildman–Crippen LogP) is -1.48. The topological polar surface area (TPSA) is 158 Å². The second kappa shape index (κ2) is 6.99. The second-order valence-corrected chi connectivity index (χ2v) is 4.94. The molecule has 0 spiro atoms. The summed E-state index contributed by atoms with van der Waals surface area (Å²) in [6, 6.07) is 0. The summed E-state index contributed by atoms with van der Waals surface area (Å²) < 4.78 is 24.3. The van der Waals surface area contributed by atoms with Gasteiger partial charge in [0.1, 0.15) is 0 Å². The molecule has 0 unspecified atom stereocenters. The van der Waals surface area contributed by atoms with Crippen LogP contribution in [0.25, 0.3) is 0 Å². The van der Waals surface area contributed by atoms with E-state index >= 15 is 0 Å². The van der Waals surface area contributed by atoms with Gasteiger partial charge in [-0.05, 0) is 0 Å². The Bertz CT molecular complexity index is 378. The molecule has 0 fully saturated rings. The van der Waals surface area contributed by atoms with Crippen LogP contribution in [-0.4, -0.2) is 44.9 Å². The van der Waals surface area contributed by atoms with Gasteiger partial charge in [0.05, 0.1) is 0 Å². The first-order chi connectivity index (χ1) is 9.42. The Morgan fingerprint density at radius 1 is 0.750 bits per heavy atom. The molecule has 112 valence electrons. The van der Waals surface area contributed by atoms with Crippen molar-refractivity contribution in [2.45, 2.75) is 0 Å². The van der Waals surface area contributed by atoms with Gasteiger partial charge in [-0.25, -0.2) is 0 Å². The summed E-state index contributed by atoms with van der Waals surface area (Å²) in [5.74, 6) is -3.59. The number of carbonyl (C=O) groups excluding carboxylic acids is 6. The molecule has 13 heteroatoms. The van der Waals surface area contributed by atoms with Gasteiger partial charge in [0.2, 0.25) is 0 Å². The van der Waals surface area contributed by atoms with Crippen LogP contribution in [0.3, 0.4) is 0 Å². The first kappa shape index (κ1) is 17.2. The van der Waals surface area contributed by atoms with Crippen LogP contribution in [0.4, 0.5) is 0 Å². The van der Waals surface area contributed by atoms with Crippen molar-refractivity contribution in [3.63, 3.8) is 0 Å². The Kier molecular flexibility index (Phi) is 6.03. The third kappa shape index (κ3) is 3.62.